The molecule has 0 aliphatic heterocycles. The van der Waals surface area contributed by atoms with Gasteiger partial charge in [-0.05, 0) is 0 Å². The van der Waals surface area contributed by atoms with Crippen LogP contribution in [-0.2, 0) is 0 Å². The highest BCUT2D eigenvalue weighted by Crippen LogP contribution is 1.86. The van der Waals surface area contributed by atoms with Crippen LogP contribution in [0.25, 0.3) is 0 Å². The summed E-state index contributed by atoms with van der Waals surface area (Å²) in [7, 11) is 0. The topological polar surface area (TPSA) is 83.3 Å². The number of carboxylic acids is 1. The molecule has 5 heteroatoms. The summed E-state index contributed by atoms with van der Waals surface area (Å²) < 4.78 is 4.06. The number of hydrogen-bond donors (Lipinski definition) is 2. The lowest BCUT2D eigenvalue weighted by atomic mass is 10.4. The summed E-state index contributed by atoms with van der Waals surface area (Å²) in [5, 5.41) is 10.1. The maximum absolute atomic E-state index is 10.1. The lowest BCUT2D eigenvalue weighted by Crippen LogP contribution is -1.95. The summed E-state index contributed by atoms with van der Waals surface area (Å²) >= 11 is 0. The Labute approximate surface area is 48.9 Å². The number of rotatable bonds is 1. The van der Waals surface area contributed by atoms with Crippen molar-refractivity contribution < 1.29 is 14.4 Å². The normalized spacial score (nSPS) is 9.33. The second-order valence-electron chi connectivity index (χ2n) is 1.39. The highest BCUT2D eigenvalue weighted by atomic mass is 16.5. The molecule has 9 heavy (non-hydrogen) atoms. The molecule has 1 aromatic rings. The Morgan fingerprint density at radius 2 is 2.44 bits per heavy atom. The molecule has 2 N–H and O–H groups in total. The van der Waals surface area contributed by atoms with E-state index in [1.165, 1.54) is 0 Å². The van der Waals surface area contributed by atoms with Gasteiger partial charge in [-0.15, -0.1) is 0 Å². The Morgan fingerprint density at radius 1 is 1.78 bits per heavy atom. The monoisotopic (exact) mass is 129 g/mol. The van der Waals surface area contributed by atoms with Crippen LogP contribution in [0.5, 0.6) is 0 Å². The molecule has 0 unspecified atom stereocenters. The minimum atomic E-state index is -1.21. The van der Waals surface area contributed by atoms with Crippen LogP contribution in [0.15, 0.2) is 15.4 Å². The van der Waals surface area contributed by atoms with Gasteiger partial charge < -0.3 is 9.63 Å². The van der Waals surface area contributed by atoms with Gasteiger partial charge in [0.1, 0.15) is 0 Å². The molecule has 1 rings (SSSR count). The summed E-state index contributed by atoms with van der Waals surface area (Å²) in [6, 6.07) is 0.863. The van der Waals surface area contributed by atoms with E-state index in [1.54, 1.807) is 0 Å². The minimum Gasteiger partial charge on any atom is -0.476 e. The SMILES string of the molecule is O=C(O)c1cc(=O)o[nH]1. The van der Waals surface area contributed by atoms with Gasteiger partial charge in [-0.25, -0.2) is 14.7 Å². The molecule has 0 fully saturated rings. The van der Waals surface area contributed by atoms with Crippen molar-refractivity contribution >= 4 is 5.97 Å². The van der Waals surface area contributed by atoms with Crippen molar-refractivity contribution in [2.24, 2.45) is 0 Å². The largest absolute Gasteiger partial charge is 0.476 e. The quantitative estimate of drug-likeness (QED) is 0.543. The zero-order valence-electron chi connectivity index (χ0n) is 4.25. The lowest BCUT2D eigenvalue weighted by molar-refractivity contribution is 0.0685. The van der Waals surface area contributed by atoms with Gasteiger partial charge in [0, 0.05) is 0 Å². The fourth-order valence-electron chi connectivity index (χ4n) is 0.387. The van der Waals surface area contributed by atoms with Gasteiger partial charge in [-0.1, -0.05) is 0 Å². The van der Waals surface area contributed by atoms with Gasteiger partial charge in [-0.3, -0.25) is 0 Å². The number of hydrogen-bond acceptors (Lipinski definition) is 3. The number of H-pyrrole nitrogens is 1. The average Bonchev–Trinajstić information content (AvgIpc) is 2.14. The van der Waals surface area contributed by atoms with Crippen LogP contribution in [0.2, 0.25) is 0 Å². The van der Waals surface area contributed by atoms with Gasteiger partial charge in [0.2, 0.25) is 0 Å². The maximum Gasteiger partial charge on any atom is 0.358 e. The zero-order chi connectivity index (χ0) is 6.85. The zero-order valence-corrected chi connectivity index (χ0v) is 4.25. The standard InChI is InChI=1S/C4H3NO4/c6-3-1-2(4(7)8)5-9-3/h1,5H,(H,7,8). The average molecular weight is 129 g/mol. The second kappa shape index (κ2) is 1.77. The number of nitrogens with one attached hydrogen (secondary N) is 1. The molecule has 0 radical (unpaired) electrons. The van der Waals surface area contributed by atoms with Crippen LogP contribution < -0.4 is 5.63 Å². The maximum atomic E-state index is 10.1. The number of carbonyl (C=O) groups is 1. The molecule has 5 nitrogen and oxygen atoms in total. The summed E-state index contributed by atoms with van der Waals surface area (Å²) in [5.74, 6) is -1.21. The highest BCUT2D eigenvalue weighted by molar-refractivity contribution is 5.84. The third kappa shape index (κ3) is 0.987. The van der Waals surface area contributed by atoms with Crippen LogP contribution in [0, 0.1) is 0 Å². The summed E-state index contributed by atoms with van der Waals surface area (Å²) in [6.07, 6.45) is 0. The van der Waals surface area contributed by atoms with Crippen LogP contribution in [0.1, 0.15) is 10.5 Å². The molecule has 0 spiro atoms. The number of aromatic carboxylic acids is 1. The first kappa shape index (κ1) is 5.61. The van der Waals surface area contributed by atoms with Crippen LogP contribution in [0.3, 0.4) is 0 Å². The van der Waals surface area contributed by atoms with Gasteiger partial charge in [-0.2, -0.15) is 0 Å². The Balaban J connectivity index is 3.12. The van der Waals surface area contributed by atoms with E-state index in [-0.39, 0.29) is 5.69 Å². The number of carboxylic acid groups (broad SMARTS) is 1. The minimum absolute atomic E-state index is 0.236. The molecule has 0 atom stereocenters. The van der Waals surface area contributed by atoms with Gasteiger partial charge in [0.15, 0.2) is 5.69 Å². The Bertz CT molecular complexity index is 270. The summed E-state index contributed by atoms with van der Waals surface area (Å²) in [6.45, 7) is 0. The van der Waals surface area contributed by atoms with E-state index in [4.69, 9.17) is 5.11 Å². The van der Waals surface area contributed by atoms with Crippen LogP contribution in [-0.4, -0.2) is 16.2 Å². The van der Waals surface area contributed by atoms with Crippen molar-refractivity contribution in [3.8, 4) is 0 Å². The molecule has 0 aromatic carbocycles. The van der Waals surface area contributed by atoms with E-state index >= 15 is 0 Å². The van der Waals surface area contributed by atoms with Crippen molar-refractivity contribution in [3.05, 3.63) is 22.2 Å². The molecule has 0 bridgehead atoms. The molecule has 1 heterocycles. The van der Waals surface area contributed by atoms with Gasteiger partial charge >= 0.3 is 11.6 Å². The van der Waals surface area contributed by atoms with Crippen molar-refractivity contribution in [1.29, 1.82) is 0 Å². The van der Waals surface area contributed by atoms with Crippen molar-refractivity contribution in [2.75, 3.05) is 0 Å². The molecule has 0 aliphatic rings. The van der Waals surface area contributed by atoms with Crippen molar-refractivity contribution in [3.63, 3.8) is 0 Å². The fourth-order valence-corrected chi connectivity index (χ4v) is 0.387. The Morgan fingerprint density at radius 3 is 2.67 bits per heavy atom. The predicted molar refractivity (Wildman–Crippen MR) is 26.3 cm³/mol. The van der Waals surface area contributed by atoms with E-state index in [0.29, 0.717) is 0 Å². The van der Waals surface area contributed by atoms with Gasteiger partial charge in [0.25, 0.3) is 0 Å². The molecule has 0 aliphatic carbocycles. The van der Waals surface area contributed by atoms with E-state index in [1.807, 2.05) is 5.16 Å². The van der Waals surface area contributed by atoms with Crippen LogP contribution >= 0.6 is 0 Å². The Kier molecular flexibility index (Phi) is 1.11. The second-order valence-corrected chi connectivity index (χ2v) is 1.39. The first-order valence-corrected chi connectivity index (χ1v) is 2.12. The Hall–Kier alpha value is -1.52. The smallest absolute Gasteiger partial charge is 0.358 e. The molecule has 1 aromatic heterocycles. The first-order chi connectivity index (χ1) is 4.20. The molecule has 0 saturated heterocycles. The number of aromatic amines is 1. The van der Waals surface area contributed by atoms with E-state index in [9.17, 15) is 9.59 Å². The fraction of sp³-hybridized carbons (Fsp3) is 0. The summed E-state index contributed by atoms with van der Waals surface area (Å²) in [5.41, 5.74) is -0.924. The summed E-state index contributed by atoms with van der Waals surface area (Å²) in [4.78, 5) is 20.1. The van der Waals surface area contributed by atoms with E-state index in [0.717, 1.165) is 6.07 Å². The van der Waals surface area contributed by atoms with Crippen LogP contribution in [0.4, 0.5) is 0 Å². The highest BCUT2D eigenvalue weighted by Gasteiger charge is 2.04. The molecule has 0 amide bonds. The van der Waals surface area contributed by atoms with Crippen molar-refractivity contribution in [1.82, 2.24) is 5.16 Å². The third-order valence-electron chi connectivity index (χ3n) is 0.754. The van der Waals surface area contributed by atoms with Gasteiger partial charge in [0.05, 0.1) is 6.07 Å². The van der Waals surface area contributed by atoms with E-state index in [2.05, 4.69) is 4.52 Å². The molecular formula is C4H3NO4. The molecule has 0 saturated carbocycles. The van der Waals surface area contributed by atoms with E-state index < -0.39 is 11.6 Å². The number of aromatic nitrogens is 1. The first-order valence-electron chi connectivity index (χ1n) is 2.12. The lowest BCUT2D eigenvalue weighted by Gasteiger charge is -1.77. The molecular weight excluding hydrogens is 126 g/mol. The molecule has 48 valence electrons. The predicted octanol–water partition coefficient (Wildman–Crippen LogP) is -0.334. The van der Waals surface area contributed by atoms with Crippen molar-refractivity contribution in [2.45, 2.75) is 0 Å². The third-order valence-corrected chi connectivity index (χ3v) is 0.754.